The van der Waals surface area contributed by atoms with E-state index in [-0.39, 0.29) is 0 Å². The fourth-order valence-corrected chi connectivity index (χ4v) is 4.07. The molecule has 0 amide bonds. The Morgan fingerprint density at radius 2 is 1.42 bits per heavy atom. The maximum absolute atomic E-state index is 2.34. The second-order valence-corrected chi connectivity index (χ2v) is 7.14. The molecule has 0 aliphatic heterocycles. The van der Waals surface area contributed by atoms with Crippen LogP contribution in [0.5, 0.6) is 0 Å². The van der Waals surface area contributed by atoms with E-state index in [0.717, 1.165) is 6.42 Å². The van der Waals surface area contributed by atoms with Gasteiger partial charge in [-0.3, -0.25) is 0 Å². The summed E-state index contributed by atoms with van der Waals surface area (Å²) in [5, 5.41) is 2.75. The van der Waals surface area contributed by atoms with Crippen LogP contribution in [0.1, 0.15) is 16.7 Å². The lowest BCUT2D eigenvalue weighted by molar-refractivity contribution is 1.29. The molecule has 1 aliphatic rings. The summed E-state index contributed by atoms with van der Waals surface area (Å²) in [5.41, 5.74) is 9.17. The minimum absolute atomic E-state index is 1.03. The number of benzene rings is 4. The van der Waals surface area contributed by atoms with Crippen LogP contribution in [0.15, 0.2) is 84.9 Å². The Labute approximate surface area is 154 Å². The first-order valence-electron chi connectivity index (χ1n) is 9.18. The van der Waals surface area contributed by atoms with Crippen LogP contribution in [-0.2, 0) is 6.42 Å². The van der Waals surface area contributed by atoms with Gasteiger partial charge >= 0.3 is 0 Å². The van der Waals surface area contributed by atoms with Crippen LogP contribution < -0.4 is 0 Å². The molecule has 0 aromatic heterocycles. The molecule has 4 aromatic carbocycles. The van der Waals surface area contributed by atoms with Gasteiger partial charge < -0.3 is 0 Å². The fraction of sp³-hybridized carbons (Fsp3) is 0.0769. The van der Waals surface area contributed by atoms with Gasteiger partial charge in [0.05, 0.1) is 0 Å². The zero-order valence-electron chi connectivity index (χ0n) is 14.9. The number of aryl methyl sites for hydroxylation is 1. The van der Waals surface area contributed by atoms with Crippen LogP contribution in [-0.4, -0.2) is 0 Å². The van der Waals surface area contributed by atoms with Gasteiger partial charge in [-0.25, -0.2) is 0 Å². The third kappa shape index (κ3) is 2.55. The Hall–Kier alpha value is -3.12. The Morgan fingerprint density at radius 3 is 2.27 bits per heavy atom. The molecular formula is C26H20. The average molecular weight is 332 g/mol. The second kappa shape index (κ2) is 6.00. The van der Waals surface area contributed by atoms with Gasteiger partial charge in [-0.15, -0.1) is 0 Å². The molecule has 0 N–H and O–H groups in total. The molecule has 26 heavy (non-hydrogen) atoms. The molecule has 5 rings (SSSR count). The zero-order chi connectivity index (χ0) is 17.5. The largest absolute Gasteiger partial charge is 0.0795 e. The minimum Gasteiger partial charge on any atom is -0.0795 e. The van der Waals surface area contributed by atoms with Crippen molar-refractivity contribution in [3.63, 3.8) is 0 Å². The Bertz CT molecular complexity index is 1150. The predicted molar refractivity (Wildman–Crippen MR) is 112 cm³/mol. The molecule has 0 bridgehead atoms. The van der Waals surface area contributed by atoms with E-state index in [2.05, 4.69) is 97.9 Å². The van der Waals surface area contributed by atoms with E-state index in [1.807, 2.05) is 0 Å². The first-order chi connectivity index (χ1) is 12.8. The Kier molecular flexibility index (Phi) is 3.50. The van der Waals surface area contributed by atoms with E-state index in [0.29, 0.717) is 0 Å². The molecule has 0 unspecified atom stereocenters. The summed E-state index contributed by atoms with van der Waals surface area (Å²) < 4.78 is 0. The number of allylic oxidation sites excluding steroid dienone is 1. The second-order valence-electron chi connectivity index (χ2n) is 7.14. The normalized spacial score (nSPS) is 12.5. The van der Waals surface area contributed by atoms with Crippen molar-refractivity contribution < 1.29 is 0 Å². The third-order valence-electron chi connectivity index (χ3n) is 5.25. The molecule has 0 heterocycles. The van der Waals surface area contributed by atoms with Gasteiger partial charge in [0.25, 0.3) is 0 Å². The summed E-state index contributed by atoms with van der Waals surface area (Å²) in [6, 6.07) is 28.8. The third-order valence-corrected chi connectivity index (χ3v) is 5.25. The van der Waals surface area contributed by atoms with Gasteiger partial charge in [-0.05, 0) is 81.3 Å². The molecule has 0 saturated heterocycles. The minimum atomic E-state index is 1.03. The quantitative estimate of drug-likeness (QED) is 0.369. The van der Waals surface area contributed by atoms with Crippen LogP contribution in [0.3, 0.4) is 0 Å². The first kappa shape index (κ1) is 15.2. The van der Waals surface area contributed by atoms with E-state index in [1.165, 1.54) is 49.7 Å². The van der Waals surface area contributed by atoms with Crippen molar-refractivity contribution in [2.45, 2.75) is 13.3 Å². The van der Waals surface area contributed by atoms with Crippen molar-refractivity contribution in [2.75, 3.05) is 0 Å². The van der Waals surface area contributed by atoms with Crippen LogP contribution >= 0.6 is 0 Å². The molecular weight excluding hydrogens is 312 g/mol. The summed E-state index contributed by atoms with van der Waals surface area (Å²) in [4.78, 5) is 0. The SMILES string of the molecule is Cc1cc(-c2ccccc2)cc(-c2cc3c4c(cccc4c2)CC=C3)c1. The lowest BCUT2D eigenvalue weighted by atomic mass is 9.89. The zero-order valence-corrected chi connectivity index (χ0v) is 14.9. The summed E-state index contributed by atoms with van der Waals surface area (Å²) in [7, 11) is 0. The van der Waals surface area contributed by atoms with Crippen molar-refractivity contribution in [1.82, 2.24) is 0 Å². The molecule has 0 saturated carbocycles. The molecule has 0 fully saturated rings. The summed E-state index contributed by atoms with van der Waals surface area (Å²) in [5.74, 6) is 0. The number of rotatable bonds is 2. The highest BCUT2D eigenvalue weighted by Gasteiger charge is 2.11. The lowest BCUT2D eigenvalue weighted by Crippen LogP contribution is -1.94. The van der Waals surface area contributed by atoms with E-state index in [9.17, 15) is 0 Å². The Balaban J connectivity index is 1.72. The molecule has 0 radical (unpaired) electrons. The Morgan fingerprint density at radius 1 is 0.654 bits per heavy atom. The molecule has 0 atom stereocenters. The lowest BCUT2D eigenvalue weighted by Gasteiger charge is -2.15. The topological polar surface area (TPSA) is 0 Å². The van der Waals surface area contributed by atoms with Crippen molar-refractivity contribution in [2.24, 2.45) is 0 Å². The van der Waals surface area contributed by atoms with Gasteiger partial charge in [0.15, 0.2) is 0 Å². The predicted octanol–water partition coefficient (Wildman–Crippen LogP) is 7.05. The maximum atomic E-state index is 2.34. The molecule has 0 heteroatoms. The van der Waals surface area contributed by atoms with Crippen LogP contribution in [0.25, 0.3) is 39.1 Å². The molecule has 4 aromatic rings. The van der Waals surface area contributed by atoms with Crippen LogP contribution in [0.2, 0.25) is 0 Å². The highest BCUT2D eigenvalue weighted by Crippen LogP contribution is 2.35. The van der Waals surface area contributed by atoms with Crippen LogP contribution in [0, 0.1) is 6.92 Å². The smallest absolute Gasteiger partial charge is 0.00759 e. The van der Waals surface area contributed by atoms with E-state index in [4.69, 9.17) is 0 Å². The van der Waals surface area contributed by atoms with Crippen molar-refractivity contribution in [1.29, 1.82) is 0 Å². The van der Waals surface area contributed by atoms with Crippen molar-refractivity contribution in [3.05, 3.63) is 102 Å². The molecule has 0 spiro atoms. The number of hydrogen-bond donors (Lipinski definition) is 0. The van der Waals surface area contributed by atoms with E-state index >= 15 is 0 Å². The monoisotopic (exact) mass is 332 g/mol. The van der Waals surface area contributed by atoms with Crippen molar-refractivity contribution >= 4 is 16.8 Å². The highest BCUT2D eigenvalue weighted by molar-refractivity contribution is 5.98. The average Bonchev–Trinajstić information content (AvgIpc) is 2.68. The molecule has 124 valence electrons. The standard InChI is InChI=1S/C26H20/c1-18-13-23(19-7-3-2-4-8-19)17-24(14-18)25-15-21-11-5-9-20-10-6-12-22(16-25)26(20)21/h2-9,11-17H,10H2,1H3. The van der Waals surface area contributed by atoms with Gasteiger partial charge in [0.1, 0.15) is 0 Å². The van der Waals surface area contributed by atoms with Gasteiger partial charge in [0, 0.05) is 0 Å². The number of hydrogen-bond acceptors (Lipinski definition) is 0. The van der Waals surface area contributed by atoms with Gasteiger partial charge in [-0.2, -0.15) is 0 Å². The van der Waals surface area contributed by atoms with Crippen LogP contribution in [0.4, 0.5) is 0 Å². The summed E-state index contributed by atoms with van der Waals surface area (Å²) >= 11 is 0. The highest BCUT2D eigenvalue weighted by atomic mass is 14.2. The van der Waals surface area contributed by atoms with Gasteiger partial charge in [0.2, 0.25) is 0 Å². The molecule has 1 aliphatic carbocycles. The van der Waals surface area contributed by atoms with Gasteiger partial charge in [-0.1, -0.05) is 72.8 Å². The van der Waals surface area contributed by atoms with Crippen molar-refractivity contribution in [3.8, 4) is 22.3 Å². The first-order valence-corrected chi connectivity index (χ1v) is 9.18. The maximum Gasteiger partial charge on any atom is -0.00759 e. The summed E-state index contributed by atoms with van der Waals surface area (Å²) in [6.45, 7) is 2.18. The van der Waals surface area contributed by atoms with E-state index < -0.39 is 0 Å². The fourth-order valence-electron chi connectivity index (χ4n) is 4.07. The molecule has 0 nitrogen and oxygen atoms in total. The van der Waals surface area contributed by atoms with E-state index in [1.54, 1.807) is 0 Å². The summed E-state index contributed by atoms with van der Waals surface area (Å²) in [6.07, 6.45) is 5.57.